The molecule has 0 aliphatic rings. The molecule has 0 rings (SSSR count). The first kappa shape index (κ1) is 18.4. The zero-order chi connectivity index (χ0) is 13.3. The van der Waals surface area contributed by atoms with Crippen LogP contribution in [0.15, 0.2) is 0 Å². The van der Waals surface area contributed by atoms with Crippen molar-refractivity contribution in [2.45, 2.75) is 27.7 Å². The maximum atomic E-state index is 5.42. The van der Waals surface area contributed by atoms with Gasteiger partial charge < -0.3 is 0 Å². The molecular weight excluding hydrogens is 485 g/mol. The van der Waals surface area contributed by atoms with Gasteiger partial charge in [0.15, 0.2) is 0 Å². The number of hydrogen-bond donors (Lipinski definition) is 0. The summed E-state index contributed by atoms with van der Waals surface area (Å²) in [5.74, 6) is 0. The molecule has 0 radical (unpaired) electrons. The Morgan fingerprint density at radius 3 is 1.35 bits per heavy atom. The summed E-state index contributed by atoms with van der Waals surface area (Å²) < 4.78 is 2.13. The third-order valence-corrected chi connectivity index (χ3v) is 18.6. The van der Waals surface area contributed by atoms with Gasteiger partial charge in [-0.1, -0.05) is 0 Å². The Bertz CT molecular complexity index is 218. The van der Waals surface area contributed by atoms with Crippen molar-refractivity contribution in [1.82, 2.24) is 9.80 Å². The molecule has 2 nitrogen and oxygen atoms in total. The molecule has 0 atom stereocenters. The average molecular weight is 507 g/mol. The molecule has 0 aliphatic carbocycles. The Morgan fingerprint density at radius 1 is 0.824 bits per heavy atom. The van der Waals surface area contributed by atoms with Crippen LogP contribution >= 0.6 is 41.5 Å². The minimum absolute atomic E-state index is 0.837. The molecule has 0 aromatic rings. The molecule has 17 heavy (non-hydrogen) atoms. The molecule has 0 bridgehead atoms. The van der Waals surface area contributed by atoms with Gasteiger partial charge in [-0.2, -0.15) is 0 Å². The van der Waals surface area contributed by atoms with E-state index in [0.717, 1.165) is 34.8 Å². The number of thiocarbonyl (C=S) groups is 2. The second kappa shape index (κ2) is 11.2. The van der Waals surface area contributed by atoms with E-state index >= 15 is 0 Å². The van der Waals surface area contributed by atoms with Crippen LogP contribution in [0.4, 0.5) is 0 Å². The van der Waals surface area contributed by atoms with Gasteiger partial charge in [0.25, 0.3) is 0 Å². The first-order chi connectivity index (χ1) is 8.10. The van der Waals surface area contributed by atoms with E-state index in [1.54, 1.807) is 0 Å². The molecule has 0 aromatic carbocycles. The summed E-state index contributed by atoms with van der Waals surface area (Å²) in [7, 11) is 3.80. The molecule has 0 fully saturated rings. The topological polar surface area (TPSA) is 6.48 Å². The van der Waals surface area contributed by atoms with E-state index in [4.69, 9.17) is 24.4 Å². The van der Waals surface area contributed by atoms with E-state index in [9.17, 15) is 0 Å². The second-order valence-electron chi connectivity index (χ2n) is 3.16. The average Bonchev–Trinajstić information content (AvgIpc) is 2.32. The quantitative estimate of drug-likeness (QED) is 0.401. The minimum atomic E-state index is -0.837. The summed E-state index contributed by atoms with van der Waals surface area (Å²) in [6.07, 6.45) is 0. The number of rotatable bonds is 6. The molecule has 0 saturated heterocycles. The fourth-order valence-electron chi connectivity index (χ4n) is 1.18. The molecular formula is C10H21BiN2S4. The van der Waals surface area contributed by atoms with Crippen LogP contribution in [0.1, 0.15) is 27.7 Å². The monoisotopic (exact) mass is 506 g/mol. The molecule has 0 spiro atoms. The first-order valence-corrected chi connectivity index (χ1v) is 17.7. The Kier molecular flexibility index (Phi) is 12.1. The summed E-state index contributed by atoms with van der Waals surface area (Å²) in [4.78, 5) is 4.49. The normalized spacial score (nSPS) is 10.1. The van der Waals surface area contributed by atoms with Crippen molar-refractivity contribution in [3.63, 3.8) is 0 Å². The van der Waals surface area contributed by atoms with Gasteiger partial charge in [0.1, 0.15) is 0 Å². The standard InChI is InChI=1S/2C5H11NS2.Bi.H/c2*1-3-6(4-2)5(7)8;;/h2*3-4H2,1-2H3,(H,7,8);;/q;;+2;/p-2. The van der Waals surface area contributed by atoms with Crippen LogP contribution in [0.25, 0.3) is 0 Å². The van der Waals surface area contributed by atoms with Crippen molar-refractivity contribution in [2.75, 3.05) is 26.2 Å². The predicted molar refractivity (Wildman–Crippen MR) is 93.4 cm³/mol. The SMILES string of the molecule is CCN(CC)C(=S)[S][BiH][S]C(=S)N(CC)CC. The summed E-state index contributed by atoms with van der Waals surface area (Å²) >= 11 is 9.99. The van der Waals surface area contributed by atoms with Gasteiger partial charge in [-0.05, 0) is 0 Å². The second-order valence-corrected chi connectivity index (χ2v) is 16.9. The number of hydrogen-bond acceptors (Lipinski definition) is 4. The van der Waals surface area contributed by atoms with E-state index < -0.39 is 20.3 Å². The zero-order valence-corrected chi connectivity index (χ0v) is 18.0. The van der Waals surface area contributed by atoms with Crippen LogP contribution in [-0.2, 0) is 0 Å². The molecule has 0 unspecified atom stereocenters. The van der Waals surface area contributed by atoms with Crippen molar-refractivity contribution in [3.8, 4) is 0 Å². The zero-order valence-electron chi connectivity index (χ0n) is 10.9. The van der Waals surface area contributed by atoms with Crippen LogP contribution < -0.4 is 0 Å². The van der Waals surface area contributed by atoms with Crippen molar-refractivity contribution < 1.29 is 0 Å². The van der Waals surface area contributed by atoms with Crippen LogP contribution in [0, 0.1) is 0 Å². The van der Waals surface area contributed by atoms with Gasteiger partial charge in [-0.3, -0.25) is 0 Å². The Balaban J connectivity index is 3.90. The van der Waals surface area contributed by atoms with Crippen LogP contribution in [-0.4, -0.2) is 64.9 Å². The Labute approximate surface area is 133 Å². The Hall–Kier alpha value is 1.36. The molecule has 100 valence electrons. The van der Waals surface area contributed by atoms with Crippen LogP contribution in [0.2, 0.25) is 0 Å². The summed E-state index contributed by atoms with van der Waals surface area (Å²) in [5.41, 5.74) is 0. The van der Waals surface area contributed by atoms with E-state index in [0.29, 0.717) is 0 Å². The molecule has 0 heterocycles. The van der Waals surface area contributed by atoms with Crippen LogP contribution in [0.3, 0.4) is 0 Å². The fraction of sp³-hybridized carbons (Fsp3) is 0.800. The third-order valence-electron chi connectivity index (χ3n) is 2.30. The Morgan fingerprint density at radius 2 is 1.12 bits per heavy atom. The van der Waals surface area contributed by atoms with Crippen molar-refractivity contribution in [2.24, 2.45) is 0 Å². The van der Waals surface area contributed by atoms with Crippen molar-refractivity contribution >= 4 is 70.4 Å². The predicted octanol–water partition coefficient (Wildman–Crippen LogP) is 2.97. The molecule has 0 saturated carbocycles. The van der Waals surface area contributed by atoms with Crippen LogP contribution in [0.5, 0.6) is 0 Å². The molecule has 7 heteroatoms. The molecule has 0 N–H and O–H groups in total. The summed E-state index contributed by atoms with van der Waals surface area (Å²) in [6.45, 7) is 12.6. The van der Waals surface area contributed by atoms with Gasteiger partial charge in [0.05, 0.1) is 0 Å². The van der Waals surface area contributed by atoms with Crippen molar-refractivity contribution in [3.05, 3.63) is 0 Å². The van der Waals surface area contributed by atoms with E-state index in [-0.39, 0.29) is 0 Å². The molecule has 0 amide bonds. The van der Waals surface area contributed by atoms with Gasteiger partial charge in [0.2, 0.25) is 0 Å². The fourth-order valence-corrected chi connectivity index (χ4v) is 18.0. The summed E-state index contributed by atoms with van der Waals surface area (Å²) in [6, 6.07) is 0. The van der Waals surface area contributed by atoms with E-state index in [2.05, 4.69) is 37.5 Å². The maximum absolute atomic E-state index is 5.42. The number of nitrogens with zero attached hydrogens (tertiary/aromatic N) is 2. The molecule has 0 aliphatic heterocycles. The third kappa shape index (κ3) is 7.51. The van der Waals surface area contributed by atoms with E-state index in [1.807, 2.05) is 17.0 Å². The van der Waals surface area contributed by atoms with E-state index in [1.165, 1.54) is 0 Å². The van der Waals surface area contributed by atoms with Gasteiger partial charge >= 0.3 is 134 Å². The first-order valence-electron chi connectivity index (χ1n) is 5.77. The summed E-state index contributed by atoms with van der Waals surface area (Å²) in [5, 5.41) is 0. The van der Waals surface area contributed by atoms with Gasteiger partial charge in [-0.15, -0.1) is 0 Å². The molecule has 0 aromatic heterocycles. The van der Waals surface area contributed by atoms with Crippen molar-refractivity contribution in [1.29, 1.82) is 0 Å². The van der Waals surface area contributed by atoms with Gasteiger partial charge in [0, 0.05) is 0 Å². The van der Waals surface area contributed by atoms with Gasteiger partial charge in [-0.25, -0.2) is 0 Å².